The Hall–Kier alpha value is -2.28. The molecule has 0 bridgehead atoms. The molecule has 1 aromatic heterocycles. The van der Waals surface area contributed by atoms with Crippen molar-refractivity contribution in [3.63, 3.8) is 0 Å². The lowest BCUT2D eigenvalue weighted by atomic mass is 10.1. The summed E-state index contributed by atoms with van der Waals surface area (Å²) >= 11 is 1.13. The van der Waals surface area contributed by atoms with E-state index < -0.39 is 17.7 Å². The summed E-state index contributed by atoms with van der Waals surface area (Å²) in [6.45, 7) is 1.66. The number of hydrogen-bond donors (Lipinski definition) is 2. The van der Waals surface area contributed by atoms with Gasteiger partial charge in [-0.15, -0.1) is 11.3 Å². The molecule has 1 amide bonds. The van der Waals surface area contributed by atoms with Crippen LogP contribution in [0.4, 0.5) is 10.1 Å². The topological polar surface area (TPSA) is 79.3 Å². The minimum atomic E-state index is -1.24. The highest BCUT2D eigenvalue weighted by atomic mass is 32.1. The first-order chi connectivity index (χ1) is 8.99. The minimum absolute atomic E-state index is 0.0784. The number of benzene rings is 1. The average molecular weight is 280 g/mol. The number of aromatic carboxylic acids is 1. The van der Waals surface area contributed by atoms with Gasteiger partial charge in [0.25, 0.3) is 5.91 Å². The average Bonchev–Trinajstić information content (AvgIpc) is 2.75. The van der Waals surface area contributed by atoms with Gasteiger partial charge in [0.2, 0.25) is 0 Å². The quantitative estimate of drug-likeness (QED) is 0.905. The van der Waals surface area contributed by atoms with Gasteiger partial charge in [-0.25, -0.2) is 14.2 Å². The fraction of sp³-hybridized carbons (Fsp3) is 0.0833. The fourth-order valence-corrected chi connectivity index (χ4v) is 2.20. The zero-order valence-electron chi connectivity index (χ0n) is 9.81. The molecule has 2 N–H and O–H groups in total. The molecule has 0 unspecified atom stereocenters. The van der Waals surface area contributed by atoms with Crippen molar-refractivity contribution in [3.8, 4) is 0 Å². The number of nitrogens with zero attached hydrogens (tertiary/aromatic N) is 1. The van der Waals surface area contributed by atoms with Crippen LogP contribution in [0.2, 0.25) is 0 Å². The molecule has 1 heterocycles. The zero-order chi connectivity index (χ0) is 14.0. The molecule has 0 saturated carbocycles. The van der Waals surface area contributed by atoms with Gasteiger partial charge in [0.1, 0.15) is 10.7 Å². The number of thiazole rings is 1. The van der Waals surface area contributed by atoms with Crippen LogP contribution in [0, 0.1) is 12.7 Å². The second-order valence-electron chi connectivity index (χ2n) is 3.72. The molecule has 0 spiro atoms. The van der Waals surface area contributed by atoms with E-state index in [2.05, 4.69) is 10.3 Å². The van der Waals surface area contributed by atoms with E-state index in [-0.39, 0.29) is 11.3 Å². The largest absolute Gasteiger partial charge is 0.478 e. The normalized spacial score (nSPS) is 10.2. The highest BCUT2D eigenvalue weighted by Crippen LogP contribution is 2.20. The van der Waals surface area contributed by atoms with Gasteiger partial charge >= 0.3 is 5.97 Å². The third kappa shape index (κ3) is 2.76. The van der Waals surface area contributed by atoms with Gasteiger partial charge in [-0.05, 0) is 25.1 Å². The smallest absolute Gasteiger partial charge is 0.337 e. The molecule has 0 aliphatic rings. The third-order valence-corrected chi connectivity index (χ3v) is 3.34. The van der Waals surface area contributed by atoms with Gasteiger partial charge in [-0.3, -0.25) is 4.79 Å². The number of anilines is 1. The van der Waals surface area contributed by atoms with Gasteiger partial charge in [0.05, 0.1) is 22.5 Å². The number of rotatable bonds is 3. The highest BCUT2D eigenvalue weighted by molar-refractivity contribution is 7.12. The maximum absolute atomic E-state index is 13.1. The van der Waals surface area contributed by atoms with Crippen LogP contribution in [0.15, 0.2) is 23.7 Å². The maximum Gasteiger partial charge on any atom is 0.337 e. The van der Waals surface area contributed by atoms with Crippen LogP contribution < -0.4 is 5.32 Å². The monoisotopic (exact) mass is 280 g/mol. The van der Waals surface area contributed by atoms with Crippen molar-refractivity contribution in [1.29, 1.82) is 0 Å². The molecule has 0 saturated heterocycles. The predicted octanol–water partition coefficient (Wildman–Crippen LogP) is 2.54. The van der Waals surface area contributed by atoms with E-state index in [1.165, 1.54) is 5.51 Å². The second-order valence-corrected chi connectivity index (χ2v) is 4.57. The third-order valence-electron chi connectivity index (χ3n) is 2.41. The van der Waals surface area contributed by atoms with Gasteiger partial charge in [-0.2, -0.15) is 0 Å². The molecule has 0 aliphatic carbocycles. The fourth-order valence-electron chi connectivity index (χ4n) is 1.51. The zero-order valence-corrected chi connectivity index (χ0v) is 10.6. The summed E-state index contributed by atoms with van der Waals surface area (Å²) in [4.78, 5) is 27.2. The van der Waals surface area contributed by atoms with Gasteiger partial charge in [0.15, 0.2) is 0 Å². The van der Waals surface area contributed by atoms with Crippen LogP contribution in [0.25, 0.3) is 0 Å². The Morgan fingerprint density at radius 1 is 1.42 bits per heavy atom. The summed E-state index contributed by atoms with van der Waals surface area (Å²) in [7, 11) is 0. The molecule has 5 nitrogen and oxygen atoms in total. The van der Waals surface area contributed by atoms with Crippen LogP contribution in [0.3, 0.4) is 0 Å². The van der Waals surface area contributed by atoms with E-state index in [0.717, 1.165) is 29.5 Å². The van der Waals surface area contributed by atoms with Crippen molar-refractivity contribution in [2.45, 2.75) is 6.92 Å². The second kappa shape index (κ2) is 5.15. The van der Waals surface area contributed by atoms with Gasteiger partial charge in [-0.1, -0.05) is 0 Å². The van der Waals surface area contributed by atoms with Crippen LogP contribution in [-0.4, -0.2) is 22.0 Å². The van der Waals surface area contributed by atoms with E-state index >= 15 is 0 Å². The molecule has 0 atom stereocenters. The number of carbonyl (C=O) groups is 2. The Bertz CT molecular complexity index is 654. The SMILES string of the molecule is Cc1ncsc1C(=O)Nc1cc(F)ccc1C(=O)O. The Morgan fingerprint density at radius 3 is 2.74 bits per heavy atom. The number of nitrogens with one attached hydrogen (secondary N) is 1. The van der Waals surface area contributed by atoms with Crippen LogP contribution >= 0.6 is 11.3 Å². The van der Waals surface area contributed by atoms with E-state index in [0.29, 0.717) is 10.6 Å². The van der Waals surface area contributed by atoms with Crippen molar-refractivity contribution in [1.82, 2.24) is 4.98 Å². The molecule has 0 fully saturated rings. The van der Waals surface area contributed by atoms with Crippen molar-refractivity contribution >= 4 is 28.9 Å². The predicted molar refractivity (Wildman–Crippen MR) is 68.2 cm³/mol. The number of aryl methyl sites for hydroxylation is 1. The minimum Gasteiger partial charge on any atom is -0.478 e. The lowest BCUT2D eigenvalue weighted by Crippen LogP contribution is -2.14. The Kier molecular flexibility index (Phi) is 3.57. The first kappa shape index (κ1) is 13.2. The van der Waals surface area contributed by atoms with Crippen molar-refractivity contribution in [3.05, 3.63) is 45.7 Å². The summed E-state index contributed by atoms with van der Waals surface area (Å²) in [5, 5.41) is 11.4. The van der Waals surface area contributed by atoms with Crippen LogP contribution in [0.1, 0.15) is 25.7 Å². The number of carboxylic acid groups (broad SMARTS) is 1. The van der Waals surface area contributed by atoms with Crippen molar-refractivity contribution in [2.24, 2.45) is 0 Å². The molecule has 98 valence electrons. The first-order valence-electron chi connectivity index (χ1n) is 5.23. The lowest BCUT2D eigenvalue weighted by Gasteiger charge is -2.07. The number of amides is 1. The summed E-state index contributed by atoms with van der Waals surface area (Å²) < 4.78 is 13.1. The molecular formula is C12H9FN2O3S. The number of carboxylic acids is 1. The molecule has 7 heteroatoms. The molecular weight excluding hydrogens is 271 g/mol. The maximum atomic E-state index is 13.1. The lowest BCUT2D eigenvalue weighted by molar-refractivity contribution is 0.0698. The van der Waals surface area contributed by atoms with E-state index in [1.807, 2.05) is 0 Å². The van der Waals surface area contributed by atoms with E-state index in [9.17, 15) is 14.0 Å². The van der Waals surface area contributed by atoms with Crippen molar-refractivity contribution < 1.29 is 19.1 Å². The number of halogens is 1. The summed E-state index contributed by atoms with van der Waals surface area (Å²) in [5.74, 6) is -2.37. The van der Waals surface area contributed by atoms with Gasteiger partial charge < -0.3 is 10.4 Å². The van der Waals surface area contributed by atoms with Crippen LogP contribution in [0.5, 0.6) is 0 Å². The Labute approximate surface area is 111 Å². The molecule has 0 radical (unpaired) electrons. The number of carbonyl (C=O) groups excluding carboxylic acids is 1. The molecule has 2 rings (SSSR count). The highest BCUT2D eigenvalue weighted by Gasteiger charge is 2.16. The van der Waals surface area contributed by atoms with Gasteiger partial charge in [0, 0.05) is 0 Å². The molecule has 0 aliphatic heterocycles. The van der Waals surface area contributed by atoms with Crippen LogP contribution in [-0.2, 0) is 0 Å². The number of aromatic nitrogens is 1. The Morgan fingerprint density at radius 2 is 2.16 bits per heavy atom. The Balaban J connectivity index is 2.33. The summed E-state index contributed by atoms with van der Waals surface area (Å²) in [6.07, 6.45) is 0. The standard InChI is InChI=1S/C12H9FN2O3S/c1-6-10(19-5-14-6)11(16)15-9-4-7(13)2-3-8(9)12(17)18/h2-5H,1H3,(H,15,16)(H,17,18). The van der Waals surface area contributed by atoms with E-state index in [4.69, 9.17) is 5.11 Å². The first-order valence-corrected chi connectivity index (χ1v) is 6.11. The molecule has 19 heavy (non-hydrogen) atoms. The number of hydrogen-bond acceptors (Lipinski definition) is 4. The molecule has 1 aromatic carbocycles. The summed E-state index contributed by atoms with van der Waals surface area (Å²) in [5.41, 5.74) is 1.80. The van der Waals surface area contributed by atoms with Crippen molar-refractivity contribution in [2.75, 3.05) is 5.32 Å². The summed E-state index contributed by atoms with van der Waals surface area (Å²) in [6, 6.07) is 3.10. The van der Waals surface area contributed by atoms with E-state index in [1.54, 1.807) is 6.92 Å². The molecule has 2 aromatic rings.